The lowest BCUT2D eigenvalue weighted by Gasteiger charge is -2.55. The molecule has 1 heterocycles. The number of benzene rings is 1. The van der Waals surface area contributed by atoms with Crippen LogP contribution >= 0.6 is 0 Å². The lowest BCUT2D eigenvalue weighted by Crippen LogP contribution is -2.51. The summed E-state index contributed by atoms with van der Waals surface area (Å²) in [6.45, 7) is 8.95. The molecule has 4 aliphatic carbocycles. The van der Waals surface area contributed by atoms with E-state index in [0.29, 0.717) is 24.2 Å². The third-order valence-corrected chi connectivity index (χ3v) is 11.1. The maximum absolute atomic E-state index is 13.8. The molecule has 0 aromatic heterocycles. The number of rotatable bonds is 5. The predicted molar refractivity (Wildman–Crippen MR) is 155 cm³/mol. The van der Waals surface area contributed by atoms with Crippen molar-refractivity contribution in [3.8, 4) is 11.8 Å². The number of allylic oxidation sites excluding steroid dienone is 4. The van der Waals surface area contributed by atoms with E-state index in [1.54, 1.807) is 12.7 Å². The highest BCUT2D eigenvalue weighted by molar-refractivity contribution is 5.93. The number of Topliss-reactive ketones (excluding diaryl/α,β-unsaturated/α-hetero) is 1. The number of ketones is 2. The van der Waals surface area contributed by atoms with Crippen molar-refractivity contribution in [3.63, 3.8) is 0 Å². The molecule has 0 N–H and O–H groups in total. The van der Waals surface area contributed by atoms with Crippen LogP contribution in [0.3, 0.4) is 0 Å². The minimum atomic E-state index is -0.672. The maximum Gasteiger partial charge on any atom is 0.176 e. The van der Waals surface area contributed by atoms with Gasteiger partial charge in [0, 0.05) is 38.2 Å². The van der Waals surface area contributed by atoms with E-state index in [1.165, 1.54) is 35.2 Å². The number of ether oxygens (including phenoxy) is 1. The van der Waals surface area contributed by atoms with Crippen LogP contribution in [0.4, 0.5) is 5.69 Å². The standard InChI is InChI=1S/C35H43NO3/c1-5-15-35(32(38)22-39-4)16-14-31-29-19-23(2)28-20-26(37)12-13-27(28)33(29)30(21-34(31,35)3)24-8-10-25(11-9-24)36-17-6-7-18-36/h8-11,20,23,29-31H,6-7,12-14,16-19,21-22H2,1-4H3/t23?,29-,30?,31-,34-,35+/m0/s1. The van der Waals surface area contributed by atoms with Gasteiger partial charge in [0.05, 0.1) is 5.41 Å². The Hall–Kier alpha value is -2.64. The van der Waals surface area contributed by atoms with Crippen molar-refractivity contribution < 1.29 is 14.3 Å². The number of carbonyl (C=O) groups excluding carboxylic acids is 2. The minimum Gasteiger partial charge on any atom is -0.377 e. The molecule has 4 nitrogen and oxygen atoms in total. The average Bonchev–Trinajstić information content (AvgIpc) is 3.56. The van der Waals surface area contributed by atoms with Crippen LogP contribution in [0.1, 0.15) is 83.6 Å². The van der Waals surface area contributed by atoms with Crippen LogP contribution in [0.5, 0.6) is 0 Å². The zero-order valence-corrected chi connectivity index (χ0v) is 24.1. The van der Waals surface area contributed by atoms with E-state index in [2.05, 4.69) is 54.9 Å². The molecular formula is C35H43NO3. The van der Waals surface area contributed by atoms with Gasteiger partial charge in [-0.2, -0.15) is 0 Å². The van der Waals surface area contributed by atoms with Gasteiger partial charge in [-0.25, -0.2) is 0 Å². The zero-order chi connectivity index (χ0) is 27.4. The van der Waals surface area contributed by atoms with Crippen molar-refractivity contribution >= 4 is 17.3 Å². The van der Waals surface area contributed by atoms with E-state index in [0.717, 1.165) is 45.2 Å². The summed E-state index contributed by atoms with van der Waals surface area (Å²) in [5.41, 5.74) is 6.07. The summed E-state index contributed by atoms with van der Waals surface area (Å²) in [5.74, 6) is 8.53. The van der Waals surface area contributed by atoms with Gasteiger partial charge < -0.3 is 9.64 Å². The molecule has 206 valence electrons. The number of fused-ring (bicyclic) bond motifs is 4. The Balaban J connectivity index is 1.50. The van der Waals surface area contributed by atoms with E-state index in [9.17, 15) is 9.59 Å². The number of hydrogen-bond acceptors (Lipinski definition) is 4. The summed E-state index contributed by atoms with van der Waals surface area (Å²) in [4.78, 5) is 28.8. The van der Waals surface area contributed by atoms with Gasteiger partial charge in [0.25, 0.3) is 0 Å². The van der Waals surface area contributed by atoms with E-state index >= 15 is 0 Å². The lowest BCUT2D eigenvalue weighted by atomic mass is 9.47. The molecule has 5 aliphatic rings. The Labute approximate surface area is 234 Å². The average molecular weight is 526 g/mol. The van der Waals surface area contributed by atoms with Crippen molar-refractivity contribution in [3.05, 3.63) is 52.6 Å². The Morgan fingerprint density at radius 2 is 1.90 bits per heavy atom. The number of anilines is 1. The smallest absolute Gasteiger partial charge is 0.176 e. The first-order chi connectivity index (χ1) is 18.8. The fourth-order valence-corrected chi connectivity index (χ4v) is 9.37. The highest BCUT2D eigenvalue weighted by Gasteiger charge is 2.65. The third-order valence-electron chi connectivity index (χ3n) is 11.1. The third kappa shape index (κ3) is 4.07. The van der Waals surface area contributed by atoms with Gasteiger partial charge in [-0.3, -0.25) is 9.59 Å². The number of hydrogen-bond donors (Lipinski definition) is 0. The van der Waals surface area contributed by atoms with E-state index in [1.807, 2.05) is 13.0 Å². The van der Waals surface area contributed by atoms with Crippen molar-refractivity contribution in [1.29, 1.82) is 0 Å². The molecule has 3 fully saturated rings. The van der Waals surface area contributed by atoms with E-state index in [4.69, 9.17) is 4.74 Å². The summed E-state index contributed by atoms with van der Waals surface area (Å²) in [6.07, 6.45) is 9.76. The van der Waals surface area contributed by atoms with Gasteiger partial charge in [-0.1, -0.05) is 37.5 Å². The van der Waals surface area contributed by atoms with Crippen molar-refractivity contribution in [2.75, 3.05) is 31.7 Å². The zero-order valence-electron chi connectivity index (χ0n) is 24.1. The Morgan fingerprint density at radius 3 is 2.59 bits per heavy atom. The van der Waals surface area contributed by atoms with Gasteiger partial charge >= 0.3 is 0 Å². The van der Waals surface area contributed by atoms with Crippen molar-refractivity contribution in [1.82, 2.24) is 0 Å². The molecule has 0 spiro atoms. The highest BCUT2D eigenvalue weighted by Crippen LogP contribution is 2.70. The highest BCUT2D eigenvalue weighted by atomic mass is 16.5. The molecule has 2 saturated carbocycles. The molecule has 4 heteroatoms. The second-order valence-electron chi connectivity index (χ2n) is 13.0. The van der Waals surface area contributed by atoms with Gasteiger partial charge in [0.2, 0.25) is 0 Å². The molecule has 6 atom stereocenters. The van der Waals surface area contributed by atoms with E-state index in [-0.39, 0.29) is 29.5 Å². The molecule has 2 unspecified atom stereocenters. The SMILES string of the molecule is CC#C[C@]1(C(=O)COC)CC[C@H]2[C@@H]3CC(C)C4=CC(=O)CCC4=C3C(c3ccc(N4CCCC4)cc3)C[C@@]21C. The fraction of sp³-hybridized carbons (Fsp3) is 0.600. The first-order valence-corrected chi connectivity index (χ1v) is 15.1. The quantitative estimate of drug-likeness (QED) is 0.404. The molecule has 39 heavy (non-hydrogen) atoms. The Morgan fingerprint density at radius 1 is 1.15 bits per heavy atom. The van der Waals surface area contributed by atoms with Crippen LogP contribution < -0.4 is 4.90 Å². The molecule has 1 aromatic rings. The minimum absolute atomic E-state index is 0.121. The molecule has 0 radical (unpaired) electrons. The van der Waals surface area contributed by atoms with Crippen LogP contribution in [0.15, 0.2) is 47.1 Å². The molecule has 6 rings (SSSR count). The molecule has 1 aliphatic heterocycles. The summed E-state index contributed by atoms with van der Waals surface area (Å²) in [6, 6.07) is 9.32. The van der Waals surface area contributed by atoms with Crippen LogP contribution in [0, 0.1) is 40.4 Å². The molecule has 1 saturated heterocycles. The van der Waals surface area contributed by atoms with Crippen LogP contribution in [-0.4, -0.2) is 38.4 Å². The van der Waals surface area contributed by atoms with Crippen molar-refractivity contribution in [2.24, 2.45) is 28.6 Å². The van der Waals surface area contributed by atoms with Crippen LogP contribution in [0.25, 0.3) is 0 Å². The van der Waals surface area contributed by atoms with Gasteiger partial charge in [-0.05, 0) is 110 Å². The lowest BCUT2D eigenvalue weighted by molar-refractivity contribution is -0.136. The topological polar surface area (TPSA) is 46.6 Å². The molecule has 1 aromatic carbocycles. The van der Waals surface area contributed by atoms with Gasteiger partial charge in [-0.15, -0.1) is 5.92 Å². The number of carbonyl (C=O) groups is 2. The Kier molecular flexibility index (Phi) is 6.87. The second-order valence-corrected chi connectivity index (χ2v) is 13.0. The van der Waals surface area contributed by atoms with Crippen LogP contribution in [-0.2, 0) is 14.3 Å². The second kappa shape index (κ2) is 10.1. The first-order valence-electron chi connectivity index (χ1n) is 15.1. The normalized spacial score (nSPS) is 35.5. The van der Waals surface area contributed by atoms with Crippen LogP contribution in [0.2, 0.25) is 0 Å². The summed E-state index contributed by atoms with van der Waals surface area (Å²) in [7, 11) is 1.62. The Bertz CT molecular complexity index is 1290. The number of nitrogens with zero attached hydrogens (tertiary/aromatic N) is 1. The first kappa shape index (κ1) is 26.6. The summed E-state index contributed by atoms with van der Waals surface area (Å²) in [5, 5.41) is 0. The predicted octanol–water partition coefficient (Wildman–Crippen LogP) is 6.66. The fourth-order valence-electron chi connectivity index (χ4n) is 9.37. The van der Waals surface area contributed by atoms with Gasteiger partial charge in [0.1, 0.15) is 6.61 Å². The van der Waals surface area contributed by atoms with Gasteiger partial charge in [0.15, 0.2) is 11.6 Å². The molecular weight excluding hydrogens is 482 g/mol. The summed E-state index contributed by atoms with van der Waals surface area (Å²) >= 11 is 0. The summed E-state index contributed by atoms with van der Waals surface area (Å²) < 4.78 is 5.42. The monoisotopic (exact) mass is 525 g/mol. The number of methoxy groups -OCH3 is 1. The van der Waals surface area contributed by atoms with E-state index < -0.39 is 5.41 Å². The molecule has 0 bridgehead atoms. The largest absolute Gasteiger partial charge is 0.377 e. The van der Waals surface area contributed by atoms with Crippen molar-refractivity contribution in [2.45, 2.75) is 78.1 Å². The molecule has 0 amide bonds. The maximum atomic E-state index is 13.8.